The SMILES string of the molecule is CCNC1=N[C@@H]2[C@@H](O)[C@H](OC)[C@@H](CO)O[C@@H]2S1. The second kappa shape index (κ2) is 5.53. The van der Waals surface area contributed by atoms with Crippen LogP contribution in [0.25, 0.3) is 0 Å². The predicted molar refractivity (Wildman–Crippen MR) is 65.0 cm³/mol. The zero-order valence-corrected chi connectivity index (χ0v) is 10.7. The molecule has 2 heterocycles. The van der Waals surface area contributed by atoms with Gasteiger partial charge in [-0.15, -0.1) is 0 Å². The lowest BCUT2D eigenvalue weighted by Gasteiger charge is -2.39. The van der Waals surface area contributed by atoms with Crippen molar-refractivity contribution in [3.8, 4) is 0 Å². The van der Waals surface area contributed by atoms with Crippen LogP contribution in [-0.4, -0.2) is 65.4 Å². The Morgan fingerprint density at radius 3 is 2.94 bits per heavy atom. The Morgan fingerprint density at radius 2 is 2.35 bits per heavy atom. The van der Waals surface area contributed by atoms with Crippen LogP contribution < -0.4 is 5.32 Å². The Morgan fingerprint density at radius 1 is 1.59 bits per heavy atom. The van der Waals surface area contributed by atoms with Crippen LogP contribution in [0.5, 0.6) is 0 Å². The van der Waals surface area contributed by atoms with Crippen LogP contribution in [0.1, 0.15) is 6.92 Å². The van der Waals surface area contributed by atoms with E-state index in [0.29, 0.717) is 0 Å². The van der Waals surface area contributed by atoms with Gasteiger partial charge in [-0.25, -0.2) is 0 Å². The summed E-state index contributed by atoms with van der Waals surface area (Å²) in [6, 6.07) is -0.332. The van der Waals surface area contributed by atoms with E-state index in [9.17, 15) is 10.2 Å². The summed E-state index contributed by atoms with van der Waals surface area (Å²) in [4.78, 5) is 4.38. The van der Waals surface area contributed by atoms with Gasteiger partial charge in [0.15, 0.2) is 5.17 Å². The van der Waals surface area contributed by atoms with Gasteiger partial charge in [-0.1, -0.05) is 11.8 Å². The molecule has 0 spiro atoms. The van der Waals surface area contributed by atoms with Crippen LogP contribution in [0.2, 0.25) is 0 Å². The highest BCUT2D eigenvalue weighted by molar-refractivity contribution is 8.14. The van der Waals surface area contributed by atoms with Crippen LogP contribution in [0, 0.1) is 0 Å². The zero-order chi connectivity index (χ0) is 12.4. The maximum absolute atomic E-state index is 10.2. The number of amidine groups is 1. The molecular formula is C10H18N2O4S. The van der Waals surface area contributed by atoms with Crippen LogP contribution in [0.3, 0.4) is 0 Å². The first-order chi connectivity index (χ1) is 8.21. The number of rotatable bonds is 3. The first-order valence-electron chi connectivity index (χ1n) is 5.66. The van der Waals surface area contributed by atoms with Gasteiger partial charge >= 0.3 is 0 Å². The summed E-state index contributed by atoms with van der Waals surface area (Å²) in [7, 11) is 1.50. The average Bonchev–Trinajstić information content (AvgIpc) is 2.72. The Kier molecular flexibility index (Phi) is 4.26. The number of aliphatic hydroxyl groups excluding tert-OH is 2. The van der Waals surface area contributed by atoms with Crippen LogP contribution in [-0.2, 0) is 9.47 Å². The maximum atomic E-state index is 10.2. The number of nitrogens with one attached hydrogen (secondary N) is 1. The molecule has 2 aliphatic heterocycles. The predicted octanol–water partition coefficient (Wildman–Crippen LogP) is -0.840. The molecule has 0 amide bonds. The van der Waals surface area contributed by atoms with E-state index in [1.165, 1.54) is 18.9 Å². The lowest BCUT2D eigenvalue weighted by atomic mass is 9.98. The maximum Gasteiger partial charge on any atom is 0.159 e. The van der Waals surface area contributed by atoms with E-state index in [4.69, 9.17) is 9.47 Å². The second-order valence-corrected chi connectivity index (χ2v) is 5.08. The number of thioether (sulfide) groups is 1. The van der Waals surface area contributed by atoms with Crippen LogP contribution in [0.15, 0.2) is 4.99 Å². The molecule has 98 valence electrons. The standard InChI is InChI=1S/C10H18N2O4S/c1-3-11-10-12-6-7(14)8(15-2)5(4-13)16-9(6)17-10/h5-9,13-14H,3-4H2,1-2H3,(H,11,12)/t5-,6-,7-,8-,9-/m1/s1. The third kappa shape index (κ3) is 2.43. The van der Waals surface area contributed by atoms with Crippen molar-refractivity contribution in [1.82, 2.24) is 5.32 Å². The number of hydrogen-bond donors (Lipinski definition) is 3. The quantitative estimate of drug-likeness (QED) is 0.615. The molecule has 5 atom stereocenters. The third-order valence-electron chi connectivity index (χ3n) is 2.91. The van der Waals surface area contributed by atoms with E-state index in [1.54, 1.807) is 0 Å². The molecule has 1 saturated heterocycles. The number of ether oxygens (including phenoxy) is 2. The fourth-order valence-corrected chi connectivity index (χ4v) is 3.28. The van der Waals surface area contributed by atoms with E-state index in [1.807, 2.05) is 6.92 Å². The van der Waals surface area contributed by atoms with Crippen molar-refractivity contribution >= 4 is 16.9 Å². The van der Waals surface area contributed by atoms with Crippen LogP contribution >= 0.6 is 11.8 Å². The number of fused-ring (bicyclic) bond motifs is 1. The van der Waals surface area contributed by atoms with Gasteiger partial charge in [-0.3, -0.25) is 4.99 Å². The molecule has 0 aromatic rings. The lowest BCUT2D eigenvalue weighted by Crippen LogP contribution is -2.56. The third-order valence-corrected chi connectivity index (χ3v) is 4.01. The molecule has 0 aliphatic carbocycles. The zero-order valence-electron chi connectivity index (χ0n) is 9.87. The number of nitrogens with zero attached hydrogens (tertiary/aromatic N) is 1. The fraction of sp³-hybridized carbons (Fsp3) is 0.900. The van der Waals surface area contributed by atoms with E-state index in [-0.39, 0.29) is 18.1 Å². The fourth-order valence-electron chi connectivity index (χ4n) is 2.09. The monoisotopic (exact) mass is 262 g/mol. The molecule has 0 unspecified atom stereocenters. The summed E-state index contributed by atoms with van der Waals surface area (Å²) in [5.74, 6) is 0. The summed E-state index contributed by atoms with van der Waals surface area (Å²) in [5.41, 5.74) is -0.248. The van der Waals surface area contributed by atoms with Gasteiger partial charge in [0.25, 0.3) is 0 Å². The van der Waals surface area contributed by atoms with E-state index < -0.39 is 18.3 Å². The Labute approximate surface area is 104 Å². The summed E-state index contributed by atoms with van der Waals surface area (Å²) in [6.07, 6.45) is -1.79. The van der Waals surface area contributed by atoms with Gasteiger partial charge in [-0.05, 0) is 6.92 Å². The van der Waals surface area contributed by atoms with Gasteiger partial charge < -0.3 is 25.0 Å². The van der Waals surface area contributed by atoms with Gasteiger partial charge in [0.05, 0.1) is 6.61 Å². The molecule has 2 aliphatic rings. The molecule has 0 bridgehead atoms. The number of hydrogen-bond acceptors (Lipinski definition) is 7. The highest BCUT2D eigenvalue weighted by atomic mass is 32.2. The molecule has 0 aromatic heterocycles. The van der Waals surface area contributed by atoms with E-state index in [0.717, 1.165) is 11.7 Å². The minimum absolute atomic E-state index is 0.171. The van der Waals surface area contributed by atoms with Gasteiger partial charge in [0.2, 0.25) is 0 Å². The topological polar surface area (TPSA) is 83.3 Å². The number of methoxy groups -OCH3 is 1. The highest BCUT2D eigenvalue weighted by Gasteiger charge is 2.48. The van der Waals surface area contributed by atoms with Crippen molar-refractivity contribution in [2.24, 2.45) is 4.99 Å². The molecular weight excluding hydrogens is 244 g/mol. The minimum atomic E-state index is -0.750. The minimum Gasteiger partial charge on any atom is -0.394 e. The first-order valence-corrected chi connectivity index (χ1v) is 6.54. The molecule has 6 nitrogen and oxygen atoms in total. The first kappa shape index (κ1) is 13.1. The summed E-state index contributed by atoms with van der Waals surface area (Å²) in [6.45, 7) is 2.59. The molecule has 2 rings (SSSR count). The molecule has 0 radical (unpaired) electrons. The summed E-state index contributed by atoms with van der Waals surface area (Å²) < 4.78 is 10.9. The molecule has 0 saturated carbocycles. The Balaban J connectivity index is 2.10. The molecule has 7 heteroatoms. The van der Waals surface area contributed by atoms with E-state index >= 15 is 0 Å². The van der Waals surface area contributed by atoms with Gasteiger partial charge in [-0.2, -0.15) is 0 Å². The van der Waals surface area contributed by atoms with Gasteiger partial charge in [0.1, 0.15) is 29.8 Å². The summed E-state index contributed by atoms with van der Waals surface area (Å²) >= 11 is 1.44. The second-order valence-electron chi connectivity index (χ2n) is 3.99. The van der Waals surface area contributed by atoms with Crippen molar-refractivity contribution in [1.29, 1.82) is 0 Å². The Bertz CT molecular complexity index is 302. The van der Waals surface area contributed by atoms with Crippen molar-refractivity contribution in [3.63, 3.8) is 0 Å². The molecule has 1 fully saturated rings. The van der Waals surface area contributed by atoms with Crippen molar-refractivity contribution in [3.05, 3.63) is 0 Å². The smallest absolute Gasteiger partial charge is 0.159 e. The molecule has 3 N–H and O–H groups in total. The van der Waals surface area contributed by atoms with Crippen molar-refractivity contribution in [2.75, 3.05) is 20.3 Å². The van der Waals surface area contributed by atoms with E-state index in [2.05, 4.69) is 10.3 Å². The van der Waals surface area contributed by atoms with Gasteiger partial charge in [0, 0.05) is 13.7 Å². The normalized spacial score (nSPS) is 40.9. The van der Waals surface area contributed by atoms with Crippen LogP contribution in [0.4, 0.5) is 0 Å². The largest absolute Gasteiger partial charge is 0.394 e. The number of aliphatic hydroxyl groups is 2. The molecule has 17 heavy (non-hydrogen) atoms. The van der Waals surface area contributed by atoms with Crippen molar-refractivity contribution < 1.29 is 19.7 Å². The average molecular weight is 262 g/mol. The number of aliphatic imine (C=N–C) groups is 1. The Hall–Kier alpha value is -0.340. The highest BCUT2D eigenvalue weighted by Crippen LogP contribution is 2.36. The van der Waals surface area contributed by atoms with Crippen molar-refractivity contribution in [2.45, 2.75) is 36.7 Å². The molecule has 0 aromatic carbocycles. The summed E-state index contributed by atoms with van der Waals surface area (Å²) in [5, 5.41) is 23.3. The lowest BCUT2D eigenvalue weighted by molar-refractivity contribution is -0.175.